The van der Waals surface area contributed by atoms with Gasteiger partial charge in [0.25, 0.3) is 0 Å². The van der Waals surface area contributed by atoms with Gasteiger partial charge >= 0.3 is 0 Å². The number of anilines is 1. The molecule has 1 aromatic rings. The first-order valence-electron chi connectivity index (χ1n) is 4.13. The summed E-state index contributed by atoms with van der Waals surface area (Å²) in [6.07, 6.45) is 0. The molecule has 0 atom stereocenters. The molecule has 0 unspecified atom stereocenters. The molecule has 12 heavy (non-hydrogen) atoms. The number of rotatable bonds is 1. The number of hydrogen-bond acceptors (Lipinski definition) is 3. The van der Waals surface area contributed by atoms with E-state index in [0.29, 0.717) is 5.92 Å². The first-order valence-corrected chi connectivity index (χ1v) is 4.13. The van der Waals surface area contributed by atoms with E-state index in [4.69, 9.17) is 5.73 Å². The molecule has 0 aliphatic rings. The van der Waals surface area contributed by atoms with Gasteiger partial charge in [-0.25, -0.2) is 9.97 Å². The highest BCUT2D eigenvalue weighted by Gasteiger charge is 2.09. The van der Waals surface area contributed by atoms with Crippen LogP contribution in [-0.2, 0) is 0 Å². The molecule has 0 bridgehead atoms. The van der Waals surface area contributed by atoms with Gasteiger partial charge in [-0.3, -0.25) is 0 Å². The molecule has 1 aromatic heterocycles. The Balaban J connectivity index is 3.28. The zero-order valence-corrected chi connectivity index (χ0v) is 8.05. The quantitative estimate of drug-likeness (QED) is 0.690. The molecule has 0 saturated carbocycles. The standard InChI is InChI=1S/C9H15N3/c1-5(2)9-8(10)6(3)11-7(4)12-9/h5H,10H2,1-4H3. The van der Waals surface area contributed by atoms with E-state index in [-0.39, 0.29) is 0 Å². The molecule has 0 aromatic carbocycles. The number of hydrogen-bond donors (Lipinski definition) is 1. The Bertz CT molecular complexity index is 292. The van der Waals surface area contributed by atoms with Gasteiger partial charge in [-0.1, -0.05) is 13.8 Å². The molecule has 0 aliphatic heterocycles. The van der Waals surface area contributed by atoms with Gasteiger partial charge in [0.2, 0.25) is 0 Å². The summed E-state index contributed by atoms with van der Waals surface area (Å²) in [6.45, 7) is 7.96. The maximum Gasteiger partial charge on any atom is 0.125 e. The lowest BCUT2D eigenvalue weighted by Gasteiger charge is -2.10. The fourth-order valence-electron chi connectivity index (χ4n) is 1.19. The molecule has 0 aliphatic carbocycles. The van der Waals surface area contributed by atoms with Gasteiger partial charge in [0.1, 0.15) is 5.82 Å². The van der Waals surface area contributed by atoms with Gasteiger partial charge in [-0.2, -0.15) is 0 Å². The van der Waals surface area contributed by atoms with E-state index in [2.05, 4.69) is 23.8 Å². The van der Waals surface area contributed by atoms with Gasteiger partial charge in [0, 0.05) is 0 Å². The van der Waals surface area contributed by atoms with Crippen LogP contribution in [0.5, 0.6) is 0 Å². The predicted octanol–water partition coefficient (Wildman–Crippen LogP) is 1.80. The summed E-state index contributed by atoms with van der Waals surface area (Å²) in [5.74, 6) is 1.16. The largest absolute Gasteiger partial charge is 0.396 e. The Labute approximate surface area is 73.0 Å². The SMILES string of the molecule is Cc1nc(C)c(N)c(C(C)C)n1. The number of aromatic nitrogens is 2. The Morgan fingerprint density at radius 3 is 2.25 bits per heavy atom. The summed E-state index contributed by atoms with van der Waals surface area (Å²) >= 11 is 0. The van der Waals surface area contributed by atoms with Gasteiger partial charge in [-0.15, -0.1) is 0 Å². The first kappa shape index (κ1) is 8.97. The second-order valence-electron chi connectivity index (χ2n) is 3.31. The van der Waals surface area contributed by atoms with E-state index in [1.165, 1.54) is 0 Å². The average molecular weight is 165 g/mol. The lowest BCUT2D eigenvalue weighted by atomic mass is 10.1. The summed E-state index contributed by atoms with van der Waals surface area (Å²) in [7, 11) is 0. The third-order valence-electron chi connectivity index (χ3n) is 1.82. The van der Waals surface area contributed by atoms with Crippen LogP contribution in [0.1, 0.15) is 37.0 Å². The third-order valence-corrected chi connectivity index (χ3v) is 1.82. The highest BCUT2D eigenvalue weighted by molar-refractivity contribution is 5.48. The molecule has 0 radical (unpaired) electrons. The lowest BCUT2D eigenvalue weighted by molar-refractivity contribution is 0.800. The van der Waals surface area contributed by atoms with Crippen LogP contribution >= 0.6 is 0 Å². The minimum atomic E-state index is 0.366. The topological polar surface area (TPSA) is 51.8 Å². The molecule has 0 spiro atoms. The van der Waals surface area contributed by atoms with Crippen LogP contribution in [0, 0.1) is 13.8 Å². The van der Waals surface area contributed by atoms with Crippen LogP contribution in [0.4, 0.5) is 5.69 Å². The highest BCUT2D eigenvalue weighted by Crippen LogP contribution is 2.20. The van der Waals surface area contributed by atoms with E-state index < -0.39 is 0 Å². The van der Waals surface area contributed by atoms with E-state index in [9.17, 15) is 0 Å². The summed E-state index contributed by atoms with van der Waals surface area (Å²) < 4.78 is 0. The molecule has 3 nitrogen and oxygen atoms in total. The minimum Gasteiger partial charge on any atom is -0.396 e. The second kappa shape index (κ2) is 3.09. The number of nitrogens with two attached hydrogens (primary N) is 1. The predicted molar refractivity (Wildman–Crippen MR) is 50.0 cm³/mol. The Kier molecular flexibility index (Phi) is 2.31. The van der Waals surface area contributed by atoms with Crippen molar-refractivity contribution in [2.45, 2.75) is 33.6 Å². The van der Waals surface area contributed by atoms with Crippen molar-refractivity contribution in [1.29, 1.82) is 0 Å². The number of nitrogen functional groups attached to an aromatic ring is 1. The molecule has 1 heterocycles. The molecule has 66 valence electrons. The summed E-state index contributed by atoms with van der Waals surface area (Å²) in [5, 5.41) is 0. The van der Waals surface area contributed by atoms with Gasteiger partial charge in [0.15, 0.2) is 0 Å². The van der Waals surface area contributed by atoms with Crippen molar-refractivity contribution < 1.29 is 0 Å². The molecule has 0 saturated heterocycles. The smallest absolute Gasteiger partial charge is 0.125 e. The fraction of sp³-hybridized carbons (Fsp3) is 0.556. The zero-order chi connectivity index (χ0) is 9.30. The molecule has 2 N–H and O–H groups in total. The van der Waals surface area contributed by atoms with Crippen LogP contribution < -0.4 is 5.73 Å². The van der Waals surface area contributed by atoms with E-state index in [0.717, 1.165) is 22.9 Å². The minimum absolute atomic E-state index is 0.366. The number of nitrogens with zero attached hydrogens (tertiary/aromatic N) is 2. The van der Waals surface area contributed by atoms with Gasteiger partial charge < -0.3 is 5.73 Å². The molecule has 1 rings (SSSR count). The van der Waals surface area contributed by atoms with Crippen molar-refractivity contribution in [2.75, 3.05) is 5.73 Å². The van der Waals surface area contributed by atoms with Crippen LogP contribution in [0.25, 0.3) is 0 Å². The van der Waals surface area contributed by atoms with Crippen molar-refractivity contribution in [1.82, 2.24) is 9.97 Å². The van der Waals surface area contributed by atoms with Crippen molar-refractivity contribution in [2.24, 2.45) is 0 Å². The van der Waals surface area contributed by atoms with Crippen LogP contribution in [0.2, 0.25) is 0 Å². The van der Waals surface area contributed by atoms with Crippen molar-refractivity contribution in [3.05, 3.63) is 17.2 Å². The van der Waals surface area contributed by atoms with Gasteiger partial charge in [0.05, 0.1) is 17.1 Å². The average Bonchev–Trinajstić information content (AvgIpc) is 1.96. The maximum atomic E-state index is 5.83. The fourth-order valence-corrected chi connectivity index (χ4v) is 1.19. The third kappa shape index (κ3) is 1.55. The van der Waals surface area contributed by atoms with E-state index >= 15 is 0 Å². The monoisotopic (exact) mass is 165 g/mol. The van der Waals surface area contributed by atoms with Crippen LogP contribution in [-0.4, -0.2) is 9.97 Å². The first-order chi connectivity index (χ1) is 5.52. The van der Waals surface area contributed by atoms with Gasteiger partial charge in [-0.05, 0) is 19.8 Å². The second-order valence-corrected chi connectivity index (χ2v) is 3.31. The molecular formula is C9H15N3. The summed E-state index contributed by atoms with van der Waals surface area (Å²) in [4.78, 5) is 8.48. The maximum absolute atomic E-state index is 5.83. The molecular weight excluding hydrogens is 150 g/mol. The Morgan fingerprint density at radius 2 is 1.75 bits per heavy atom. The highest BCUT2D eigenvalue weighted by atomic mass is 14.9. The number of aryl methyl sites for hydroxylation is 2. The summed E-state index contributed by atoms with van der Waals surface area (Å²) in [5.41, 5.74) is 8.40. The summed E-state index contributed by atoms with van der Waals surface area (Å²) in [6, 6.07) is 0. The zero-order valence-electron chi connectivity index (χ0n) is 8.05. The van der Waals surface area contributed by atoms with Crippen molar-refractivity contribution in [3.8, 4) is 0 Å². The van der Waals surface area contributed by atoms with E-state index in [1.54, 1.807) is 0 Å². The molecule has 0 fully saturated rings. The van der Waals surface area contributed by atoms with Crippen molar-refractivity contribution in [3.63, 3.8) is 0 Å². The van der Waals surface area contributed by atoms with E-state index in [1.807, 2.05) is 13.8 Å². The Hall–Kier alpha value is -1.12. The lowest BCUT2D eigenvalue weighted by Crippen LogP contribution is -2.06. The Morgan fingerprint density at radius 1 is 1.17 bits per heavy atom. The molecule has 0 amide bonds. The molecule has 3 heteroatoms. The van der Waals surface area contributed by atoms with Crippen LogP contribution in [0.3, 0.4) is 0 Å². The normalized spacial score (nSPS) is 10.8. The van der Waals surface area contributed by atoms with Crippen LogP contribution in [0.15, 0.2) is 0 Å². The van der Waals surface area contributed by atoms with Crippen molar-refractivity contribution >= 4 is 5.69 Å².